The van der Waals surface area contributed by atoms with Crippen molar-refractivity contribution in [1.82, 2.24) is 9.38 Å². The van der Waals surface area contributed by atoms with Gasteiger partial charge in [-0.15, -0.1) is 0 Å². The van der Waals surface area contributed by atoms with Gasteiger partial charge in [-0.3, -0.25) is 10.1 Å². The summed E-state index contributed by atoms with van der Waals surface area (Å²) >= 11 is 0. The van der Waals surface area contributed by atoms with Crippen molar-refractivity contribution in [3.63, 3.8) is 0 Å². The first-order valence-corrected chi connectivity index (χ1v) is 5.33. The lowest BCUT2D eigenvalue weighted by Gasteiger charge is -1.92. The zero-order valence-electron chi connectivity index (χ0n) is 9.53. The molecule has 3 heterocycles. The fraction of sp³-hybridized carbons (Fsp3) is 0.0833. The van der Waals surface area contributed by atoms with Crippen molar-refractivity contribution in [3.05, 3.63) is 52.3 Å². The third-order valence-corrected chi connectivity index (χ3v) is 2.62. The Balaban J connectivity index is 2.10. The molecule has 0 aliphatic rings. The van der Waals surface area contributed by atoms with Gasteiger partial charge in [-0.2, -0.15) is 0 Å². The Hall–Kier alpha value is -2.63. The van der Waals surface area contributed by atoms with E-state index >= 15 is 0 Å². The average Bonchev–Trinajstić information content (AvgIpc) is 2.93. The molecule has 0 saturated heterocycles. The molecule has 0 spiro atoms. The maximum atomic E-state index is 10.5. The van der Waals surface area contributed by atoms with Crippen molar-refractivity contribution in [2.75, 3.05) is 0 Å². The largest absolute Gasteiger partial charge is 0.433 e. The van der Waals surface area contributed by atoms with Gasteiger partial charge in [0.25, 0.3) is 0 Å². The van der Waals surface area contributed by atoms with E-state index in [9.17, 15) is 10.1 Å². The highest BCUT2D eigenvalue weighted by molar-refractivity contribution is 5.58. The highest BCUT2D eigenvalue weighted by Gasteiger charge is 2.15. The minimum atomic E-state index is -0.566. The predicted molar refractivity (Wildman–Crippen MR) is 64.3 cm³/mol. The Morgan fingerprint density at radius 3 is 2.83 bits per heavy atom. The standard InChI is InChI=1S/C12H9N3O3/c1-8-2-4-11-13-9(7-14(11)6-8)10-3-5-12(18-10)15(16)17/h2-7H,1H3. The molecule has 0 atom stereocenters. The summed E-state index contributed by atoms with van der Waals surface area (Å²) in [6.45, 7) is 1.98. The first-order valence-electron chi connectivity index (χ1n) is 5.33. The SMILES string of the molecule is Cc1ccc2nc(-c3ccc([N+](=O)[O-])o3)cn2c1. The number of nitrogens with zero attached hydrogens (tertiary/aromatic N) is 3. The highest BCUT2D eigenvalue weighted by Crippen LogP contribution is 2.25. The lowest BCUT2D eigenvalue weighted by Crippen LogP contribution is -1.82. The van der Waals surface area contributed by atoms with Gasteiger partial charge in [0.05, 0.1) is 6.07 Å². The Bertz CT molecular complexity index is 742. The molecule has 0 aromatic carbocycles. The average molecular weight is 243 g/mol. The summed E-state index contributed by atoms with van der Waals surface area (Å²) < 4.78 is 6.98. The molecule has 3 rings (SSSR count). The molecule has 0 radical (unpaired) electrons. The van der Waals surface area contributed by atoms with Crippen molar-refractivity contribution in [2.45, 2.75) is 6.92 Å². The summed E-state index contributed by atoms with van der Waals surface area (Å²) in [7, 11) is 0. The van der Waals surface area contributed by atoms with Crippen LogP contribution in [0.2, 0.25) is 0 Å². The topological polar surface area (TPSA) is 73.6 Å². The lowest BCUT2D eigenvalue weighted by atomic mass is 10.3. The van der Waals surface area contributed by atoms with Gasteiger partial charge in [-0.1, -0.05) is 6.07 Å². The van der Waals surface area contributed by atoms with Gasteiger partial charge in [-0.25, -0.2) is 4.98 Å². The zero-order valence-corrected chi connectivity index (χ0v) is 9.53. The number of hydrogen-bond donors (Lipinski definition) is 0. The van der Waals surface area contributed by atoms with Gasteiger partial charge in [0.2, 0.25) is 0 Å². The van der Waals surface area contributed by atoms with Crippen LogP contribution in [-0.4, -0.2) is 14.3 Å². The Labute approximate surface area is 102 Å². The van der Waals surface area contributed by atoms with Crippen LogP contribution in [0.1, 0.15) is 5.56 Å². The summed E-state index contributed by atoms with van der Waals surface area (Å²) in [4.78, 5) is 14.3. The fourth-order valence-corrected chi connectivity index (χ4v) is 1.79. The van der Waals surface area contributed by atoms with Crippen LogP contribution >= 0.6 is 0 Å². The van der Waals surface area contributed by atoms with Crippen molar-refractivity contribution in [1.29, 1.82) is 0 Å². The molecule has 3 aromatic heterocycles. The molecule has 18 heavy (non-hydrogen) atoms. The molecule has 6 nitrogen and oxygen atoms in total. The van der Waals surface area contributed by atoms with Crippen LogP contribution in [0.3, 0.4) is 0 Å². The lowest BCUT2D eigenvalue weighted by molar-refractivity contribution is -0.401. The number of fused-ring (bicyclic) bond motifs is 1. The summed E-state index contributed by atoms with van der Waals surface area (Å²) in [6.07, 6.45) is 3.72. The Kier molecular flexibility index (Phi) is 2.16. The van der Waals surface area contributed by atoms with Gasteiger partial charge in [0, 0.05) is 12.4 Å². The molecule has 0 saturated carbocycles. The second kappa shape index (κ2) is 3.69. The van der Waals surface area contributed by atoms with Crippen LogP contribution in [-0.2, 0) is 0 Å². The summed E-state index contributed by atoms with van der Waals surface area (Å²) in [5.74, 6) is 0.112. The number of furan rings is 1. The number of hydrogen-bond acceptors (Lipinski definition) is 4. The van der Waals surface area contributed by atoms with E-state index in [1.54, 1.807) is 12.3 Å². The number of aryl methyl sites for hydroxylation is 1. The van der Waals surface area contributed by atoms with Gasteiger partial charge in [-0.05, 0) is 24.6 Å². The molecule has 0 aliphatic heterocycles. The minimum Gasteiger partial charge on any atom is -0.399 e. The number of pyridine rings is 1. The molecule has 0 amide bonds. The minimum absolute atomic E-state index is 0.279. The second-order valence-electron chi connectivity index (χ2n) is 3.99. The van der Waals surface area contributed by atoms with Crippen molar-refractivity contribution >= 4 is 11.5 Å². The van der Waals surface area contributed by atoms with Gasteiger partial charge < -0.3 is 8.82 Å². The van der Waals surface area contributed by atoms with E-state index in [4.69, 9.17) is 4.42 Å². The Morgan fingerprint density at radius 1 is 1.28 bits per heavy atom. The van der Waals surface area contributed by atoms with Crippen LogP contribution in [0.5, 0.6) is 0 Å². The molecular weight excluding hydrogens is 234 g/mol. The predicted octanol–water partition coefficient (Wildman–Crippen LogP) is 2.81. The van der Waals surface area contributed by atoms with Gasteiger partial charge in [0.15, 0.2) is 5.76 Å². The number of nitro groups is 1. The molecule has 0 bridgehead atoms. The Morgan fingerprint density at radius 2 is 2.11 bits per heavy atom. The van der Waals surface area contributed by atoms with E-state index in [-0.39, 0.29) is 5.88 Å². The number of rotatable bonds is 2. The van der Waals surface area contributed by atoms with E-state index in [1.807, 2.05) is 29.7 Å². The van der Waals surface area contributed by atoms with E-state index < -0.39 is 4.92 Å². The highest BCUT2D eigenvalue weighted by atomic mass is 16.6. The van der Waals surface area contributed by atoms with Crippen LogP contribution < -0.4 is 0 Å². The quantitative estimate of drug-likeness (QED) is 0.512. The molecule has 6 heteroatoms. The first kappa shape index (κ1) is 10.5. The monoisotopic (exact) mass is 243 g/mol. The molecule has 3 aromatic rings. The number of aromatic nitrogens is 2. The zero-order chi connectivity index (χ0) is 12.7. The molecule has 0 unspecified atom stereocenters. The van der Waals surface area contributed by atoms with E-state index in [1.165, 1.54) is 6.07 Å². The third kappa shape index (κ3) is 1.64. The van der Waals surface area contributed by atoms with Crippen LogP contribution in [0.4, 0.5) is 5.88 Å². The maximum Gasteiger partial charge on any atom is 0.433 e. The molecule has 0 fully saturated rings. The summed E-state index contributed by atoms with van der Waals surface area (Å²) in [5, 5.41) is 10.5. The molecular formula is C12H9N3O3. The summed E-state index contributed by atoms with van der Waals surface area (Å²) in [5.41, 5.74) is 2.46. The van der Waals surface area contributed by atoms with Crippen LogP contribution in [0.15, 0.2) is 41.1 Å². The molecule has 0 N–H and O–H groups in total. The van der Waals surface area contributed by atoms with Crippen LogP contribution in [0, 0.1) is 17.0 Å². The molecule has 90 valence electrons. The fourth-order valence-electron chi connectivity index (χ4n) is 1.79. The van der Waals surface area contributed by atoms with E-state index in [0.29, 0.717) is 11.5 Å². The summed E-state index contributed by atoms with van der Waals surface area (Å²) in [6, 6.07) is 6.71. The smallest absolute Gasteiger partial charge is 0.399 e. The van der Waals surface area contributed by atoms with Gasteiger partial charge >= 0.3 is 5.88 Å². The van der Waals surface area contributed by atoms with Gasteiger partial charge in [0.1, 0.15) is 16.3 Å². The third-order valence-electron chi connectivity index (χ3n) is 2.62. The van der Waals surface area contributed by atoms with E-state index in [2.05, 4.69) is 4.98 Å². The van der Waals surface area contributed by atoms with Crippen molar-refractivity contribution in [3.8, 4) is 11.5 Å². The molecule has 0 aliphatic carbocycles. The van der Waals surface area contributed by atoms with Crippen molar-refractivity contribution < 1.29 is 9.34 Å². The normalized spacial score (nSPS) is 10.9. The van der Waals surface area contributed by atoms with E-state index in [0.717, 1.165) is 11.2 Å². The first-order chi connectivity index (χ1) is 8.63. The maximum absolute atomic E-state index is 10.5. The second-order valence-corrected chi connectivity index (χ2v) is 3.99. The number of imidazole rings is 1. The van der Waals surface area contributed by atoms with Crippen molar-refractivity contribution in [2.24, 2.45) is 0 Å². The van der Waals surface area contributed by atoms with Crippen LogP contribution in [0.25, 0.3) is 17.1 Å².